The molecule has 1 aliphatic heterocycles. The van der Waals surface area contributed by atoms with E-state index in [-0.39, 0.29) is 0 Å². The molecule has 1 rings (SSSR count). The first-order valence-electron chi connectivity index (χ1n) is 2.47. The predicted octanol–water partition coefficient (Wildman–Crippen LogP) is -0.935. The number of likely N-dealkylation sites (N-methyl/N-ethyl adjacent to an activating group) is 1. The summed E-state index contributed by atoms with van der Waals surface area (Å²) in [4.78, 5) is 2.18. The normalized spacial score (nSPS) is 26.6. The quantitative estimate of drug-likeness (QED) is 0.400. The summed E-state index contributed by atoms with van der Waals surface area (Å²) in [5.41, 5.74) is 0. The number of rotatable bonds is 0. The smallest absolute Gasteiger partial charge is 0.0642 e. The maximum absolute atomic E-state index is 5.42. The molecule has 0 atom stereocenters. The van der Waals surface area contributed by atoms with Crippen LogP contribution in [0.25, 0.3) is 0 Å². The molecule has 7 heavy (non-hydrogen) atoms. The maximum atomic E-state index is 5.42. The zero-order valence-corrected chi connectivity index (χ0v) is 4.59. The van der Waals surface area contributed by atoms with Gasteiger partial charge in [0, 0.05) is 13.1 Å². The third-order valence-corrected chi connectivity index (χ3v) is 1.19. The van der Waals surface area contributed by atoms with Crippen molar-refractivity contribution >= 4 is 0 Å². The van der Waals surface area contributed by atoms with E-state index in [0.717, 1.165) is 19.8 Å². The Morgan fingerprint density at radius 3 is 2.29 bits per heavy atom. The van der Waals surface area contributed by atoms with Crippen LogP contribution >= 0.6 is 0 Å². The average Bonchev–Trinajstić information content (AvgIpc) is 1.87. The molecule has 3 nitrogen and oxygen atoms in total. The molecule has 0 unspecified atom stereocenters. The van der Waals surface area contributed by atoms with E-state index in [2.05, 4.69) is 11.9 Å². The number of hydrogen-bond acceptors (Lipinski definition) is 3. The van der Waals surface area contributed by atoms with Crippen LogP contribution in [0.2, 0.25) is 0 Å². The summed E-state index contributed by atoms with van der Waals surface area (Å²) < 4.78 is 0. The highest BCUT2D eigenvalue weighted by molar-refractivity contribution is 4.60. The van der Waals surface area contributed by atoms with Crippen molar-refractivity contribution in [3.8, 4) is 0 Å². The summed E-state index contributed by atoms with van der Waals surface area (Å²) in [6.45, 7) is 3.03. The van der Waals surface area contributed by atoms with Crippen molar-refractivity contribution in [3.63, 3.8) is 0 Å². The minimum Gasteiger partial charge on any atom is -0.291 e. The standard InChI is InChI=1S/C4H11N3/c1-6-2-3-7(5)4-6/h2-5H2,1H3. The van der Waals surface area contributed by atoms with E-state index < -0.39 is 0 Å². The zero-order chi connectivity index (χ0) is 5.28. The molecule has 0 bridgehead atoms. The Morgan fingerprint density at radius 2 is 2.14 bits per heavy atom. The van der Waals surface area contributed by atoms with Gasteiger partial charge >= 0.3 is 0 Å². The third kappa shape index (κ3) is 1.12. The molecular formula is C4H11N3. The lowest BCUT2D eigenvalue weighted by atomic mass is 10.7. The second kappa shape index (κ2) is 1.78. The van der Waals surface area contributed by atoms with Crippen molar-refractivity contribution < 1.29 is 0 Å². The summed E-state index contributed by atoms with van der Waals surface area (Å²) in [6, 6.07) is 0. The Balaban J connectivity index is 2.26. The molecule has 0 aromatic rings. The van der Waals surface area contributed by atoms with Crippen LogP contribution in [-0.2, 0) is 0 Å². The summed E-state index contributed by atoms with van der Waals surface area (Å²) in [6.07, 6.45) is 0. The van der Waals surface area contributed by atoms with Crippen LogP contribution in [0.5, 0.6) is 0 Å². The lowest BCUT2D eigenvalue weighted by Gasteiger charge is -2.05. The first-order chi connectivity index (χ1) is 3.29. The Hall–Kier alpha value is -0.120. The van der Waals surface area contributed by atoms with Gasteiger partial charge in [-0.15, -0.1) is 0 Å². The highest BCUT2D eigenvalue weighted by atomic mass is 15.5. The monoisotopic (exact) mass is 101 g/mol. The number of nitrogens with zero attached hydrogens (tertiary/aromatic N) is 2. The minimum atomic E-state index is 0.917. The van der Waals surface area contributed by atoms with Gasteiger partial charge < -0.3 is 0 Å². The van der Waals surface area contributed by atoms with Crippen LogP contribution in [0.3, 0.4) is 0 Å². The Labute approximate surface area is 43.7 Å². The molecule has 42 valence electrons. The van der Waals surface area contributed by atoms with Gasteiger partial charge in [0.05, 0.1) is 6.67 Å². The van der Waals surface area contributed by atoms with E-state index in [1.807, 2.05) is 0 Å². The van der Waals surface area contributed by atoms with E-state index in [1.54, 1.807) is 5.01 Å². The van der Waals surface area contributed by atoms with Gasteiger partial charge in [0.25, 0.3) is 0 Å². The topological polar surface area (TPSA) is 32.5 Å². The highest BCUT2D eigenvalue weighted by Crippen LogP contribution is 1.92. The first-order valence-corrected chi connectivity index (χ1v) is 2.47. The van der Waals surface area contributed by atoms with Crippen LogP contribution in [0.4, 0.5) is 0 Å². The summed E-state index contributed by atoms with van der Waals surface area (Å²) in [7, 11) is 2.06. The van der Waals surface area contributed by atoms with Gasteiger partial charge in [0.2, 0.25) is 0 Å². The second-order valence-electron chi connectivity index (χ2n) is 2.03. The van der Waals surface area contributed by atoms with Gasteiger partial charge in [-0.3, -0.25) is 10.7 Å². The van der Waals surface area contributed by atoms with Crippen molar-refractivity contribution in [2.45, 2.75) is 0 Å². The van der Waals surface area contributed by atoms with Gasteiger partial charge in [-0.1, -0.05) is 0 Å². The molecule has 0 saturated carbocycles. The van der Waals surface area contributed by atoms with Crippen LogP contribution < -0.4 is 5.84 Å². The van der Waals surface area contributed by atoms with E-state index in [9.17, 15) is 0 Å². The second-order valence-corrected chi connectivity index (χ2v) is 2.03. The Kier molecular flexibility index (Phi) is 1.27. The van der Waals surface area contributed by atoms with Gasteiger partial charge in [-0.2, -0.15) is 0 Å². The molecule has 0 radical (unpaired) electrons. The fraction of sp³-hybridized carbons (Fsp3) is 1.00. The van der Waals surface area contributed by atoms with Crippen LogP contribution in [0.1, 0.15) is 0 Å². The van der Waals surface area contributed by atoms with Crippen LogP contribution in [-0.4, -0.2) is 36.7 Å². The van der Waals surface area contributed by atoms with Gasteiger partial charge in [0.15, 0.2) is 0 Å². The number of nitrogens with two attached hydrogens (primary N) is 1. The maximum Gasteiger partial charge on any atom is 0.0642 e. The fourth-order valence-corrected chi connectivity index (χ4v) is 0.751. The van der Waals surface area contributed by atoms with Crippen molar-refractivity contribution in [3.05, 3.63) is 0 Å². The van der Waals surface area contributed by atoms with E-state index >= 15 is 0 Å². The average molecular weight is 101 g/mol. The molecule has 2 N–H and O–H groups in total. The Bertz CT molecular complexity index is 56.0. The summed E-state index contributed by atoms with van der Waals surface area (Å²) in [5.74, 6) is 5.42. The molecule has 1 saturated heterocycles. The molecule has 0 spiro atoms. The van der Waals surface area contributed by atoms with Gasteiger partial charge in [0.1, 0.15) is 0 Å². The summed E-state index contributed by atoms with van der Waals surface area (Å²) >= 11 is 0. The molecule has 0 aromatic heterocycles. The van der Waals surface area contributed by atoms with Gasteiger partial charge in [-0.05, 0) is 7.05 Å². The molecule has 3 heteroatoms. The number of hydrazine groups is 1. The molecule has 0 aromatic carbocycles. The molecular weight excluding hydrogens is 90.1 g/mol. The molecule has 1 aliphatic rings. The van der Waals surface area contributed by atoms with Crippen molar-refractivity contribution in [2.75, 3.05) is 26.8 Å². The van der Waals surface area contributed by atoms with Crippen LogP contribution in [0.15, 0.2) is 0 Å². The SMILES string of the molecule is CN1CCN(N)C1. The largest absolute Gasteiger partial charge is 0.291 e. The molecule has 1 heterocycles. The Morgan fingerprint density at radius 1 is 1.43 bits per heavy atom. The third-order valence-electron chi connectivity index (χ3n) is 1.19. The molecule has 0 aliphatic carbocycles. The lowest BCUT2D eigenvalue weighted by Crippen LogP contribution is -2.29. The highest BCUT2D eigenvalue weighted by Gasteiger charge is 2.10. The molecule has 1 fully saturated rings. The van der Waals surface area contributed by atoms with E-state index in [1.165, 1.54) is 0 Å². The van der Waals surface area contributed by atoms with Crippen molar-refractivity contribution in [1.82, 2.24) is 9.91 Å². The van der Waals surface area contributed by atoms with E-state index in [4.69, 9.17) is 5.84 Å². The first kappa shape index (κ1) is 5.03. The molecule has 0 amide bonds. The van der Waals surface area contributed by atoms with Crippen molar-refractivity contribution in [2.24, 2.45) is 5.84 Å². The minimum absolute atomic E-state index is 0.917. The number of hydrogen-bond donors (Lipinski definition) is 1. The predicted molar refractivity (Wildman–Crippen MR) is 28.4 cm³/mol. The van der Waals surface area contributed by atoms with Crippen molar-refractivity contribution in [1.29, 1.82) is 0 Å². The van der Waals surface area contributed by atoms with E-state index in [0.29, 0.717) is 0 Å². The summed E-state index contributed by atoms with van der Waals surface area (Å²) in [5, 5.41) is 1.81. The van der Waals surface area contributed by atoms with Crippen LogP contribution in [0, 0.1) is 0 Å². The lowest BCUT2D eigenvalue weighted by molar-refractivity contribution is 0.282. The fourth-order valence-electron chi connectivity index (χ4n) is 0.751. The zero-order valence-electron chi connectivity index (χ0n) is 4.59. The van der Waals surface area contributed by atoms with Gasteiger partial charge in [-0.25, -0.2) is 5.01 Å².